The number of ether oxygens (including phenoxy) is 1. The minimum atomic E-state index is -0.963. The molecular weight excluding hydrogens is 454 g/mol. The van der Waals surface area contributed by atoms with Crippen molar-refractivity contribution in [2.24, 2.45) is 0 Å². The van der Waals surface area contributed by atoms with Gasteiger partial charge in [0.25, 0.3) is 5.91 Å². The van der Waals surface area contributed by atoms with Crippen molar-refractivity contribution < 1.29 is 19.1 Å². The molecule has 0 saturated heterocycles. The maximum absolute atomic E-state index is 13.9. The van der Waals surface area contributed by atoms with E-state index in [-0.39, 0.29) is 24.4 Å². The molecule has 3 amide bonds. The van der Waals surface area contributed by atoms with Crippen LogP contribution in [0.4, 0.5) is 10.5 Å². The van der Waals surface area contributed by atoms with Gasteiger partial charge in [-0.2, -0.15) is 0 Å². The molecule has 2 N–H and O–H groups in total. The summed E-state index contributed by atoms with van der Waals surface area (Å²) in [4.78, 5) is 41.3. The van der Waals surface area contributed by atoms with Crippen LogP contribution < -0.4 is 10.6 Å². The minimum Gasteiger partial charge on any atom is -0.444 e. The number of nitrogens with one attached hydrogen (secondary N) is 2. The first-order valence-corrected chi connectivity index (χ1v) is 12.2. The van der Waals surface area contributed by atoms with Crippen molar-refractivity contribution in [3.05, 3.63) is 64.7 Å². The number of carbonyl (C=O) groups is 3. The van der Waals surface area contributed by atoms with Gasteiger partial charge in [0.2, 0.25) is 5.91 Å². The Morgan fingerprint density at radius 3 is 2.28 bits per heavy atom. The van der Waals surface area contributed by atoms with E-state index < -0.39 is 17.7 Å². The van der Waals surface area contributed by atoms with E-state index in [1.54, 1.807) is 49.9 Å². The van der Waals surface area contributed by atoms with Gasteiger partial charge in [0, 0.05) is 17.3 Å². The smallest absolute Gasteiger partial charge is 0.408 e. The zero-order valence-corrected chi connectivity index (χ0v) is 21.7. The fraction of sp³-hybridized carbons (Fsp3) is 0.414. The van der Waals surface area contributed by atoms with Crippen molar-refractivity contribution in [2.75, 3.05) is 11.9 Å². The van der Waals surface area contributed by atoms with Gasteiger partial charge in [-0.15, -0.1) is 6.42 Å². The van der Waals surface area contributed by atoms with E-state index >= 15 is 0 Å². The lowest BCUT2D eigenvalue weighted by Gasteiger charge is -2.42. The van der Waals surface area contributed by atoms with Crippen LogP contribution in [0, 0.1) is 26.2 Å². The van der Waals surface area contributed by atoms with Gasteiger partial charge in [0.05, 0.1) is 0 Å². The maximum atomic E-state index is 13.9. The molecule has 1 fully saturated rings. The molecule has 1 unspecified atom stereocenters. The Balaban J connectivity index is 1.98. The molecule has 1 aliphatic carbocycles. The predicted octanol–water partition coefficient (Wildman–Crippen LogP) is 4.87. The topological polar surface area (TPSA) is 87.7 Å². The molecule has 0 radical (unpaired) electrons. The van der Waals surface area contributed by atoms with Crippen molar-refractivity contribution >= 4 is 23.6 Å². The second-order valence-corrected chi connectivity index (χ2v) is 10.1. The number of rotatable bonds is 7. The molecule has 0 aliphatic heterocycles. The zero-order valence-electron chi connectivity index (χ0n) is 21.7. The van der Waals surface area contributed by atoms with E-state index in [2.05, 4.69) is 16.6 Å². The van der Waals surface area contributed by atoms with E-state index in [0.717, 1.165) is 30.4 Å². The van der Waals surface area contributed by atoms with Gasteiger partial charge in [-0.1, -0.05) is 42.3 Å². The summed E-state index contributed by atoms with van der Waals surface area (Å²) in [6.45, 7) is 8.80. The Kier molecular flexibility index (Phi) is 8.41. The zero-order chi connectivity index (χ0) is 26.5. The molecule has 1 saturated carbocycles. The van der Waals surface area contributed by atoms with Crippen LogP contribution in [-0.4, -0.2) is 41.0 Å². The Morgan fingerprint density at radius 1 is 1.08 bits per heavy atom. The van der Waals surface area contributed by atoms with Crippen molar-refractivity contribution in [3.63, 3.8) is 0 Å². The molecular formula is C29H35N3O4. The number of benzene rings is 2. The van der Waals surface area contributed by atoms with Crippen LogP contribution >= 0.6 is 0 Å². The number of aryl methyl sites for hydroxylation is 2. The van der Waals surface area contributed by atoms with Gasteiger partial charge >= 0.3 is 6.09 Å². The number of carbonyl (C=O) groups excluding carboxylic acids is 3. The summed E-state index contributed by atoms with van der Waals surface area (Å²) in [5.74, 6) is 1.92. The van der Waals surface area contributed by atoms with E-state index in [1.807, 2.05) is 32.0 Å². The molecule has 7 nitrogen and oxygen atoms in total. The quantitative estimate of drug-likeness (QED) is 0.543. The molecule has 190 valence electrons. The van der Waals surface area contributed by atoms with Crippen molar-refractivity contribution in [1.82, 2.24) is 10.2 Å². The fourth-order valence-electron chi connectivity index (χ4n) is 4.26. The van der Waals surface area contributed by atoms with E-state index in [4.69, 9.17) is 11.2 Å². The average molecular weight is 490 g/mol. The molecule has 1 atom stereocenters. The highest BCUT2D eigenvalue weighted by Gasteiger charge is 2.40. The lowest BCUT2D eigenvalue weighted by atomic mass is 9.87. The first-order valence-electron chi connectivity index (χ1n) is 12.2. The summed E-state index contributed by atoms with van der Waals surface area (Å²) >= 11 is 0. The van der Waals surface area contributed by atoms with E-state index in [1.165, 1.54) is 0 Å². The summed E-state index contributed by atoms with van der Waals surface area (Å²) in [5.41, 5.74) is 2.96. The number of para-hydroxylation sites is 1. The molecule has 2 aromatic carbocycles. The number of nitrogens with zero attached hydrogens (tertiary/aromatic N) is 1. The summed E-state index contributed by atoms with van der Waals surface area (Å²) in [7, 11) is 0. The number of amides is 3. The molecule has 1 aliphatic rings. The molecule has 3 rings (SSSR count). The Morgan fingerprint density at radius 2 is 1.72 bits per heavy atom. The largest absolute Gasteiger partial charge is 0.444 e. The molecule has 0 spiro atoms. The average Bonchev–Trinajstić information content (AvgIpc) is 2.77. The first-order chi connectivity index (χ1) is 17.0. The molecule has 0 heterocycles. The van der Waals surface area contributed by atoms with Crippen LogP contribution in [-0.2, 0) is 14.3 Å². The summed E-state index contributed by atoms with van der Waals surface area (Å²) in [6, 6.07) is 11.8. The minimum absolute atomic E-state index is 0.141. The number of terminal acetylenes is 1. The van der Waals surface area contributed by atoms with Crippen LogP contribution in [0.1, 0.15) is 68.3 Å². The van der Waals surface area contributed by atoms with Crippen LogP contribution in [0.5, 0.6) is 0 Å². The van der Waals surface area contributed by atoms with Gasteiger partial charge in [-0.25, -0.2) is 4.79 Å². The van der Waals surface area contributed by atoms with Gasteiger partial charge < -0.3 is 20.3 Å². The summed E-state index contributed by atoms with van der Waals surface area (Å²) < 4.78 is 5.28. The molecule has 0 bridgehead atoms. The standard InChI is InChI=1S/C29H35N3O4/c1-7-21-14-8-9-17-23(21)26(27(34)31-25-19(2)12-10-13-20(25)3)32(22-15-11-16-22)24(33)18-30-28(35)36-29(4,5)6/h1,8-10,12-14,17,22,26H,11,15-16,18H2,2-6H3,(H,30,35)(H,31,34). The molecule has 0 aromatic heterocycles. The fourth-order valence-corrected chi connectivity index (χ4v) is 4.26. The number of alkyl carbamates (subject to hydrolysis) is 1. The monoisotopic (exact) mass is 489 g/mol. The van der Waals surface area contributed by atoms with Crippen molar-refractivity contribution in [1.29, 1.82) is 0 Å². The number of anilines is 1. The van der Waals surface area contributed by atoms with Crippen LogP contribution in [0.25, 0.3) is 0 Å². The first kappa shape index (κ1) is 26.8. The lowest BCUT2D eigenvalue weighted by molar-refractivity contribution is -0.143. The third-order valence-corrected chi connectivity index (χ3v) is 6.21. The maximum Gasteiger partial charge on any atom is 0.408 e. The SMILES string of the molecule is C#Cc1ccccc1C(C(=O)Nc1c(C)cccc1C)N(C(=O)CNC(=O)OC(C)(C)C)C1CCC1. The Bertz CT molecular complexity index is 1150. The summed E-state index contributed by atoms with van der Waals surface area (Å²) in [6.07, 6.45) is 7.59. The molecule has 36 heavy (non-hydrogen) atoms. The Labute approximate surface area is 213 Å². The van der Waals surface area contributed by atoms with Crippen LogP contribution in [0.15, 0.2) is 42.5 Å². The molecule has 7 heteroatoms. The van der Waals surface area contributed by atoms with Crippen LogP contribution in [0.3, 0.4) is 0 Å². The lowest BCUT2D eigenvalue weighted by Crippen LogP contribution is -2.53. The normalized spacial score (nSPS) is 14.1. The van der Waals surface area contributed by atoms with E-state index in [0.29, 0.717) is 16.8 Å². The highest BCUT2D eigenvalue weighted by molar-refractivity contribution is 5.99. The van der Waals surface area contributed by atoms with Gasteiger partial charge in [-0.05, 0) is 76.6 Å². The number of hydrogen-bond donors (Lipinski definition) is 2. The third kappa shape index (κ3) is 6.45. The molecule has 2 aromatic rings. The van der Waals surface area contributed by atoms with Gasteiger partial charge in [0.1, 0.15) is 18.2 Å². The van der Waals surface area contributed by atoms with Crippen LogP contribution in [0.2, 0.25) is 0 Å². The highest BCUT2D eigenvalue weighted by atomic mass is 16.6. The Hall–Kier alpha value is -3.79. The number of hydrogen-bond acceptors (Lipinski definition) is 4. The highest BCUT2D eigenvalue weighted by Crippen LogP contribution is 2.35. The van der Waals surface area contributed by atoms with Gasteiger partial charge in [0.15, 0.2) is 0 Å². The second-order valence-electron chi connectivity index (χ2n) is 10.1. The van der Waals surface area contributed by atoms with Crippen molar-refractivity contribution in [2.45, 2.75) is 71.6 Å². The van der Waals surface area contributed by atoms with Crippen molar-refractivity contribution in [3.8, 4) is 12.3 Å². The second kappa shape index (κ2) is 11.3. The predicted molar refractivity (Wildman–Crippen MR) is 140 cm³/mol. The van der Waals surface area contributed by atoms with Gasteiger partial charge in [-0.3, -0.25) is 9.59 Å². The third-order valence-electron chi connectivity index (χ3n) is 6.21. The van der Waals surface area contributed by atoms with E-state index in [9.17, 15) is 14.4 Å². The summed E-state index contributed by atoms with van der Waals surface area (Å²) in [5, 5.41) is 5.59.